The number of benzene rings is 3. The first kappa shape index (κ1) is 44.2. The summed E-state index contributed by atoms with van der Waals surface area (Å²) < 4.78 is 36.0. The number of rotatable bonds is 17. The molecular weight excluding hydrogens is 817 g/mol. The molecule has 4 N–H and O–H groups in total. The number of nitrogens with one attached hydrogen (secondary N) is 2. The number of ether oxygens (including phenoxy) is 1. The number of thiocarbonyl (C=S) groups is 1. The van der Waals surface area contributed by atoms with E-state index in [0.29, 0.717) is 37.9 Å². The van der Waals surface area contributed by atoms with E-state index >= 15 is 0 Å². The molecule has 1 unspecified atom stereocenters. The number of fused-ring (bicyclic) bond motifs is 2. The molecule has 2 heterocycles. The standard InChI is InChI=1S/C47H51F2N5O7S/c48-47(49)20-18-32(19-21-47)53-27-38(29-9-7-10-30(23-29)44(50)62)36-17-14-31(24-39(36)53)52-41(57)13-5-3-1-2-4-6-22-51-42(58)28-61-40-12-8-11-37-43(40)46(60)54(45(37)59)33-15-16-34(55)26-35(56)25-33/h7-12,14,17,23-24,27,32-33H,1-6,13,15-16,18-22,25-26,28H2,(H2,50,62)(H,51,58)(H,52,57). The van der Waals surface area contributed by atoms with Crippen LogP contribution >= 0.6 is 12.2 Å². The van der Waals surface area contributed by atoms with E-state index in [1.54, 1.807) is 6.07 Å². The number of halogens is 2. The minimum absolute atomic E-state index is 0.0534. The molecule has 12 nitrogen and oxygen atoms in total. The Balaban J connectivity index is 0.823. The number of unbranched alkanes of at least 4 members (excludes halogenated alkanes) is 5. The van der Waals surface area contributed by atoms with Crippen LogP contribution in [0, 0.1) is 0 Å². The van der Waals surface area contributed by atoms with Gasteiger partial charge in [-0.1, -0.05) is 68.2 Å². The van der Waals surface area contributed by atoms with Crippen molar-refractivity contribution in [3.05, 3.63) is 83.6 Å². The van der Waals surface area contributed by atoms with Gasteiger partial charge in [0.1, 0.15) is 22.3 Å². The molecule has 0 bridgehead atoms. The predicted octanol–water partition coefficient (Wildman–Crippen LogP) is 8.23. The van der Waals surface area contributed by atoms with E-state index in [0.717, 1.165) is 64.6 Å². The van der Waals surface area contributed by atoms with Gasteiger partial charge in [-0.3, -0.25) is 33.7 Å². The van der Waals surface area contributed by atoms with E-state index < -0.39 is 23.8 Å². The molecule has 7 rings (SSSR count). The van der Waals surface area contributed by atoms with Gasteiger partial charge in [-0.2, -0.15) is 0 Å². The number of hydrogen-bond donors (Lipinski definition) is 3. The van der Waals surface area contributed by atoms with Gasteiger partial charge in [-0.25, -0.2) is 8.78 Å². The third kappa shape index (κ3) is 10.4. The monoisotopic (exact) mass is 867 g/mol. The van der Waals surface area contributed by atoms with Gasteiger partial charge in [0, 0.05) is 79.1 Å². The van der Waals surface area contributed by atoms with Crippen LogP contribution in [0.25, 0.3) is 22.0 Å². The number of Topliss-reactive ketones (excluding diaryl/α,β-unsaturated/α-hetero) is 2. The summed E-state index contributed by atoms with van der Waals surface area (Å²) >= 11 is 5.20. The van der Waals surface area contributed by atoms with Gasteiger partial charge in [0.25, 0.3) is 17.7 Å². The SMILES string of the molecule is NC(=S)c1cccc(-c2cn(C3CCC(F)(F)CC3)c3cc(NC(=O)CCCCCCCCNC(=O)COc4cccc5c4C(=O)N(C4CCC(=O)CC(=O)C4)C5=O)ccc23)c1. The van der Waals surface area contributed by atoms with Crippen molar-refractivity contribution in [1.82, 2.24) is 14.8 Å². The molecule has 1 aromatic heterocycles. The van der Waals surface area contributed by atoms with Crippen molar-refractivity contribution >= 4 is 69.0 Å². The number of ketones is 2. The van der Waals surface area contributed by atoms with Crippen molar-refractivity contribution in [2.24, 2.45) is 5.73 Å². The number of alkyl halides is 2. The highest BCUT2D eigenvalue weighted by Gasteiger charge is 2.43. The fraction of sp³-hybridized carbons (Fsp3) is 0.426. The molecule has 2 aliphatic carbocycles. The van der Waals surface area contributed by atoms with Gasteiger partial charge in [0.15, 0.2) is 6.61 Å². The summed E-state index contributed by atoms with van der Waals surface area (Å²) in [4.78, 5) is 77.5. The number of imide groups is 1. The van der Waals surface area contributed by atoms with Crippen LogP contribution in [-0.4, -0.2) is 74.8 Å². The zero-order valence-electron chi connectivity index (χ0n) is 34.5. The minimum atomic E-state index is -2.65. The third-order valence-electron chi connectivity index (χ3n) is 12.1. The van der Waals surface area contributed by atoms with Crippen LogP contribution < -0.4 is 21.1 Å². The number of anilines is 1. The average molecular weight is 868 g/mol. The number of carbonyl (C=O) groups is 6. The Morgan fingerprint density at radius 2 is 1.56 bits per heavy atom. The lowest BCUT2D eigenvalue weighted by Gasteiger charge is -2.29. The second-order valence-corrected chi connectivity index (χ2v) is 17.0. The molecule has 1 atom stereocenters. The second-order valence-electron chi connectivity index (χ2n) is 16.6. The van der Waals surface area contributed by atoms with Crippen molar-refractivity contribution in [3.8, 4) is 16.9 Å². The maximum atomic E-state index is 14.1. The molecule has 2 fully saturated rings. The van der Waals surface area contributed by atoms with Crippen molar-refractivity contribution in [2.45, 2.75) is 114 Å². The van der Waals surface area contributed by atoms with Gasteiger partial charge < -0.3 is 25.7 Å². The summed E-state index contributed by atoms with van der Waals surface area (Å²) in [6.45, 7) is 0.0903. The van der Waals surface area contributed by atoms with Crippen LogP contribution in [0.3, 0.4) is 0 Å². The van der Waals surface area contributed by atoms with Crippen molar-refractivity contribution < 1.29 is 42.3 Å². The first-order chi connectivity index (χ1) is 29.8. The first-order valence-corrected chi connectivity index (χ1v) is 21.8. The fourth-order valence-corrected chi connectivity index (χ4v) is 8.91. The highest BCUT2D eigenvalue weighted by Crippen LogP contribution is 2.42. The Morgan fingerprint density at radius 1 is 0.823 bits per heavy atom. The summed E-state index contributed by atoms with van der Waals surface area (Å²) in [5.74, 6) is -4.66. The Morgan fingerprint density at radius 3 is 2.34 bits per heavy atom. The summed E-state index contributed by atoms with van der Waals surface area (Å²) in [5.41, 5.74) is 10.2. The van der Waals surface area contributed by atoms with Crippen LogP contribution in [0.4, 0.5) is 14.5 Å². The number of nitrogens with two attached hydrogens (primary N) is 1. The smallest absolute Gasteiger partial charge is 0.265 e. The molecule has 0 radical (unpaired) electrons. The highest BCUT2D eigenvalue weighted by atomic mass is 32.1. The van der Waals surface area contributed by atoms with Gasteiger partial charge >= 0.3 is 0 Å². The Labute approximate surface area is 363 Å². The summed E-state index contributed by atoms with van der Waals surface area (Å²) in [6, 6.07) is 17.2. The molecule has 3 aliphatic rings. The molecule has 3 aromatic carbocycles. The molecule has 0 saturated heterocycles. The maximum Gasteiger partial charge on any atom is 0.265 e. The second kappa shape index (κ2) is 19.5. The Hall–Kier alpha value is -5.83. The summed E-state index contributed by atoms with van der Waals surface area (Å²) in [6.07, 6.45) is 7.90. The van der Waals surface area contributed by atoms with Gasteiger partial charge in [-0.15, -0.1) is 0 Å². The number of aromatic nitrogens is 1. The van der Waals surface area contributed by atoms with E-state index in [1.165, 1.54) is 12.1 Å². The molecule has 0 spiro atoms. The lowest BCUT2D eigenvalue weighted by molar-refractivity contribution is -0.126. The van der Waals surface area contributed by atoms with Crippen LogP contribution in [0.2, 0.25) is 0 Å². The van der Waals surface area contributed by atoms with Gasteiger partial charge in [-0.05, 0) is 68.0 Å². The molecular formula is C47H51F2N5O7S. The number of amides is 4. The molecule has 326 valence electrons. The first-order valence-electron chi connectivity index (χ1n) is 21.4. The van der Waals surface area contributed by atoms with E-state index in [1.807, 2.05) is 48.7 Å². The molecule has 4 aromatic rings. The van der Waals surface area contributed by atoms with Crippen LogP contribution in [0.15, 0.2) is 66.9 Å². The van der Waals surface area contributed by atoms with Crippen molar-refractivity contribution in [1.29, 1.82) is 0 Å². The molecule has 15 heteroatoms. The largest absolute Gasteiger partial charge is 0.483 e. The lowest BCUT2D eigenvalue weighted by Crippen LogP contribution is -2.40. The fourth-order valence-electron chi connectivity index (χ4n) is 8.79. The Kier molecular flexibility index (Phi) is 13.9. The highest BCUT2D eigenvalue weighted by molar-refractivity contribution is 7.80. The van der Waals surface area contributed by atoms with Crippen LogP contribution in [0.1, 0.15) is 129 Å². The van der Waals surface area contributed by atoms with Crippen LogP contribution in [-0.2, 0) is 19.2 Å². The molecule has 62 heavy (non-hydrogen) atoms. The number of hydrogen-bond acceptors (Lipinski definition) is 8. The maximum absolute atomic E-state index is 14.1. The molecule has 4 amide bonds. The normalized spacial score (nSPS) is 17.8. The van der Waals surface area contributed by atoms with E-state index in [2.05, 4.69) is 15.2 Å². The summed E-state index contributed by atoms with van der Waals surface area (Å²) in [5, 5.41) is 6.79. The van der Waals surface area contributed by atoms with Crippen LogP contribution in [0.5, 0.6) is 5.75 Å². The topological polar surface area (TPSA) is 170 Å². The predicted molar refractivity (Wildman–Crippen MR) is 234 cm³/mol. The van der Waals surface area contributed by atoms with Crippen molar-refractivity contribution in [3.63, 3.8) is 0 Å². The minimum Gasteiger partial charge on any atom is -0.483 e. The summed E-state index contributed by atoms with van der Waals surface area (Å²) in [7, 11) is 0. The number of nitrogens with zero attached hydrogens (tertiary/aromatic N) is 2. The lowest BCUT2D eigenvalue weighted by atomic mass is 9.92. The number of carbonyl (C=O) groups excluding carboxylic acids is 6. The zero-order valence-corrected chi connectivity index (χ0v) is 35.3. The van der Waals surface area contributed by atoms with E-state index in [9.17, 15) is 37.5 Å². The quantitative estimate of drug-likeness (QED) is 0.0311. The zero-order chi connectivity index (χ0) is 44.0. The van der Waals surface area contributed by atoms with Crippen molar-refractivity contribution in [2.75, 3.05) is 18.5 Å². The van der Waals surface area contributed by atoms with E-state index in [-0.39, 0.29) is 96.4 Å². The van der Waals surface area contributed by atoms with Gasteiger partial charge in [0.05, 0.1) is 23.1 Å². The molecule has 2 saturated carbocycles. The molecule has 1 aliphatic heterocycles. The van der Waals surface area contributed by atoms with Gasteiger partial charge in [0.2, 0.25) is 11.8 Å². The Bertz CT molecular complexity index is 2400. The average Bonchev–Trinajstić information content (AvgIpc) is 3.68. The third-order valence-corrected chi connectivity index (χ3v) is 12.3. The van der Waals surface area contributed by atoms with E-state index in [4.69, 9.17) is 22.7 Å².